The number of carbonyl (C=O) groups is 3. The van der Waals surface area contributed by atoms with Gasteiger partial charge in [-0.2, -0.15) is 0 Å². The fraction of sp³-hybridized carbons (Fsp3) is 0.250. The lowest BCUT2D eigenvalue weighted by atomic mass is 10.2. The predicted octanol–water partition coefficient (Wildman–Crippen LogP) is 2.90. The van der Waals surface area contributed by atoms with Crippen molar-refractivity contribution in [3.05, 3.63) is 59.7 Å². The van der Waals surface area contributed by atoms with Gasteiger partial charge in [0.05, 0.1) is 6.10 Å². The highest BCUT2D eigenvalue weighted by atomic mass is 16.5. The zero-order chi connectivity index (χ0) is 19.8. The first-order valence-corrected chi connectivity index (χ1v) is 8.64. The number of carbonyl (C=O) groups excluding carboxylic acids is 3. The molecule has 2 rings (SSSR count). The Bertz CT molecular complexity index is 818. The topological polar surface area (TPSA) is 96.5 Å². The summed E-state index contributed by atoms with van der Waals surface area (Å²) in [4.78, 5) is 35.4. The number of hydrazine groups is 1. The summed E-state index contributed by atoms with van der Waals surface area (Å²) in [6.07, 6.45) is 0.899. The van der Waals surface area contributed by atoms with E-state index in [0.717, 1.165) is 6.42 Å². The molecule has 7 nitrogen and oxygen atoms in total. The van der Waals surface area contributed by atoms with E-state index in [9.17, 15) is 14.4 Å². The van der Waals surface area contributed by atoms with Crippen LogP contribution in [0.2, 0.25) is 0 Å². The molecule has 1 unspecified atom stereocenters. The maximum absolute atomic E-state index is 12.2. The van der Waals surface area contributed by atoms with Gasteiger partial charge in [-0.1, -0.05) is 13.0 Å². The molecule has 0 saturated carbocycles. The first-order valence-electron chi connectivity index (χ1n) is 8.64. The van der Waals surface area contributed by atoms with E-state index in [1.165, 1.54) is 6.92 Å². The molecule has 0 saturated heterocycles. The highest BCUT2D eigenvalue weighted by Gasteiger charge is 2.11. The Kier molecular flexibility index (Phi) is 6.93. The zero-order valence-corrected chi connectivity index (χ0v) is 15.5. The first kappa shape index (κ1) is 20.0. The Hall–Kier alpha value is -3.35. The number of hydrogen-bond donors (Lipinski definition) is 3. The van der Waals surface area contributed by atoms with Crippen LogP contribution in [0.3, 0.4) is 0 Å². The largest absolute Gasteiger partial charge is 0.491 e. The minimum atomic E-state index is -0.468. The van der Waals surface area contributed by atoms with E-state index in [0.29, 0.717) is 22.6 Å². The molecule has 0 aromatic heterocycles. The summed E-state index contributed by atoms with van der Waals surface area (Å²) < 4.78 is 5.69. The molecule has 0 aliphatic carbocycles. The smallest absolute Gasteiger partial charge is 0.269 e. The molecule has 0 aliphatic rings. The number of hydrogen-bond acceptors (Lipinski definition) is 4. The maximum Gasteiger partial charge on any atom is 0.269 e. The van der Waals surface area contributed by atoms with Crippen molar-refractivity contribution >= 4 is 23.4 Å². The van der Waals surface area contributed by atoms with E-state index >= 15 is 0 Å². The van der Waals surface area contributed by atoms with Crippen molar-refractivity contribution in [1.29, 1.82) is 0 Å². The second-order valence-corrected chi connectivity index (χ2v) is 6.03. The summed E-state index contributed by atoms with van der Waals surface area (Å²) in [5, 5.41) is 2.61. The van der Waals surface area contributed by atoms with Crippen molar-refractivity contribution in [2.24, 2.45) is 0 Å². The van der Waals surface area contributed by atoms with Crippen LogP contribution in [0, 0.1) is 0 Å². The van der Waals surface area contributed by atoms with Gasteiger partial charge in [-0.25, -0.2) is 0 Å². The van der Waals surface area contributed by atoms with Gasteiger partial charge in [0.2, 0.25) is 5.91 Å². The van der Waals surface area contributed by atoms with Crippen LogP contribution in [-0.4, -0.2) is 23.8 Å². The summed E-state index contributed by atoms with van der Waals surface area (Å²) in [6.45, 7) is 5.36. The Morgan fingerprint density at radius 2 is 1.59 bits per heavy atom. The van der Waals surface area contributed by atoms with Crippen LogP contribution in [0.15, 0.2) is 48.5 Å². The molecule has 0 bridgehead atoms. The monoisotopic (exact) mass is 369 g/mol. The van der Waals surface area contributed by atoms with Gasteiger partial charge in [-0.15, -0.1) is 0 Å². The van der Waals surface area contributed by atoms with Gasteiger partial charge in [0.15, 0.2) is 0 Å². The molecule has 0 fully saturated rings. The van der Waals surface area contributed by atoms with E-state index in [4.69, 9.17) is 4.74 Å². The maximum atomic E-state index is 12.2. The summed E-state index contributed by atoms with van der Waals surface area (Å²) in [6, 6.07) is 13.1. The minimum absolute atomic E-state index is 0.0449. The van der Waals surface area contributed by atoms with Crippen LogP contribution < -0.4 is 20.9 Å². The quantitative estimate of drug-likeness (QED) is 0.682. The standard InChI is InChI=1S/C20H23N3O4/c1-4-13(2)27-18-7-5-6-16(12-18)20(26)23-22-19(25)15-8-10-17(11-9-15)21-14(3)24/h5-13H,4H2,1-3H3,(H,21,24)(H,22,25)(H,23,26). The summed E-state index contributed by atoms with van der Waals surface area (Å²) in [7, 11) is 0. The molecule has 0 radical (unpaired) electrons. The van der Waals surface area contributed by atoms with E-state index in [1.54, 1.807) is 48.5 Å². The second-order valence-electron chi connectivity index (χ2n) is 6.03. The van der Waals surface area contributed by atoms with Crippen molar-refractivity contribution < 1.29 is 19.1 Å². The lowest BCUT2D eigenvalue weighted by Crippen LogP contribution is -2.41. The van der Waals surface area contributed by atoms with E-state index in [1.807, 2.05) is 13.8 Å². The van der Waals surface area contributed by atoms with Gasteiger partial charge in [0, 0.05) is 23.7 Å². The Balaban J connectivity index is 1.93. The van der Waals surface area contributed by atoms with Gasteiger partial charge < -0.3 is 10.1 Å². The van der Waals surface area contributed by atoms with E-state index in [2.05, 4.69) is 16.2 Å². The van der Waals surface area contributed by atoms with Gasteiger partial charge >= 0.3 is 0 Å². The number of benzene rings is 2. The average molecular weight is 369 g/mol. The van der Waals surface area contributed by atoms with Crippen molar-refractivity contribution in [2.45, 2.75) is 33.3 Å². The lowest BCUT2D eigenvalue weighted by molar-refractivity contribution is -0.114. The second kappa shape index (κ2) is 9.38. The summed E-state index contributed by atoms with van der Waals surface area (Å²) >= 11 is 0. The van der Waals surface area contributed by atoms with Crippen molar-refractivity contribution in [1.82, 2.24) is 10.9 Å². The van der Waals surface area contributed by atoms with Crippen LogP contribution in [0.5, 0.6) is 5.75 Å². The lowest BCUT2D eigenvalue weighted by Gasteiger charge is -2.13. The van der Waals surface area contributed by atoms with Crippen LogP contribution >= 0.6 is 0 Å². The Labute approximate surface area is 158 Å². The molecule has 3 N–H and O–H groups in total. The number of nitrogens with one attached hydrogen (secondary N) is 3. The van der Waals surface area contributed by atoms with Crippen LogP contribution in [0.1, 0.15) is 47.9 Å². The minimum Gasteiger partial charge on any atom is -0.491 e. The van der Waals surface area contributed by atoms with Crippen molar-refractivity contribution in [3.8, 4) is 5.75 Å². The third kappa shape index (κ3) is 6.14. The van der Waals surface area contributed by atoms with Crippen molar-refractivity contribution in [3.63, 3.8) is 0 Å². The number of anilines is 1. The van der Waals surface area contributed by atoms with Crippen LogP contribution in [0.25, 0.3) is 0 Å². The number of ether oxygens (including phenoxy) is 1. The zero-order valence-electron chi connectivity index (χ0n) is 15.5. The van der Waals surface area contributed by atoms with Gasteiger partial charge in [0.1, 0.15) is 5.75 Å². The van der Waals surface area contributed by atoms with E-state index in [-0.39, 0.29) is 12.0 Å². The normalized spacial score (nSPS) is 11.2. The van der Waals surface area contributed by atoms with Gasteiger partial charge in [-0.05, 0) is 55.8 Å². The summed E-state index contributed by atoms with van der Waals surface area (Å²) in [5.41, 5.74) is 6.04. The molecule has 0 aliphatic heterocycles. The fourth-order valence-electron chi connectivity index (χ4n) is 2.19. The molecular weight excluding hydrogens is 346 g/mol. The summed E-state index contributed by atoms with van der Waals surface area (Å²) in [5.74, 6) is -0.520. The van der Waals surface area contributed by atoms with Crippen LogP contribution in [0.4, 0.5) is 5.69 Å². The Morgan fingerprint density at radius 3 is 2.19 bits per heavy atom. The predicted molar refractivity (Wildman–Crippen MR) is 103 cm³/mol. The van der Waals surface area contributed by atoms with Gasteiger partial charge in [0.25, 0.3) is 11.8 Å². The fourth-order valence-corrected chi connectivity index (χ4v) is 2.19. The Morgan fingerprint density at radius 1 is 0.963 bits per heavy atom. The SMILES string of the molecule is CCC(C)Oc1cccc(C(=O)NNC(=O)c2ccc(NC(C)=O)cc2)c1. The van der Waals surface area contributed by atoms with Gasteiger partial charge in [-0.3, -0.25) is 25.2 Å². The molecule has 142 valence electrons. The highest BCUT2D eigenvalue weighted by molar-refractivity contribution is 5.99. The number of rotatable bonds is 6. The molecular formula is C20H23N3O4. The molecule has 27 heavy (non-hydrogen) atoms. The van der Waals surface area contributed by atoms with E-state index < -0.39 is 11.8 Å². The molecule has 0 heterocycles. The molecule has 1 atom stereocenters. The average Bonchev–Trinajstić information content (AvgIpc) is 2.66. The number of amides is 3. The molecule has 2 aromatic rings. The third-order valence-electron chi connectivity index (χ3n) is 3.77. The first-order chi connectivity index (χ1) is 12.9. The molecule has 7 heteroatoms. The van der Waals surface area contributed by atoms with Crippen molar-refractivity contribution in [2.75, 3.05) is 5.32 Å². The molecule has 2 aromatic carbocycles. The molecule has 0 spiro atoms. The highest BCUT2D eigenvalue weighted by Crippen LogP contribution is 2.16. The third-order valence-corrected chi connectivity index (χ3v) is 3.77. The molecule has 3 amide bonds. The van der Waals surface area contributed by atoms with Crippen LogP contribution in [-0.2, 0) is 4.79 Å².